The van der Waals surface area contributed by atoms with Crippen molar-refractivity contribution >= 4 is 0 Å². The maximum atomic E-state index is 3.47. The van der Waals surface area contributed by atoms with E-state index >= 15 is 0 Å². The van der Waals surface area contributed by atoms with Crippen molar-refractivity contribution in [2.75, 3.05) is 0 Å². The summed E-state index contributed by atoms with van der Waals surface area (Å²) in [6.07, 6.45) is 16.0. The third-order valence-electron chi connectivity index (χ3n) is 3.30. The van der Waals surface area contributed by atoms with E-state index in [1.807, 2.05) is 0 Å². The van der Waals surface area contributed by atoms with Crippen LogP contribution in [0.2, 0.25) is 0 Å². The zero-order valence-corrected chi connectivity index (χ0v) is 13.1. The van der Waals surface area contributed by atoms with Gasteiger partial charge in [-0.25, -0.2) is 11.6 Å². The smallest absolute Gasteiger partial charge is 1.00 e. The third kappa shape index (κ3) is 4.37. The Morgan fingerprint density at radius 3 is 2.20 bits per heavy atom. The van der Waals surface area contributed by atoms with Crippen LogP contribution in [0.25, 0.3) is 0 Å². The normalized spacial score (nSPS) is 21.8. The maximum Gasteiger partial charge on any atom is 3.00 e. The molecule has 0 N–H and O–H groups in total. The SMILES string of the molecule is CC1(C2=[C-]CC=C2)CCCCC1.[Cl-].[Cl-].[Zr+3]. The minimum absolute atomic E-state index is 0. The predicted molar refractivity (Wildman–Crippen MR) is 51.7 cm³/mol. The molecule has 0 aromatic rings. The summed E-state index contributed by atoms with van der Waals surface area (Å²) >= 11 is 0. The molecule has 0 amide bonds. The molecule has 1 radical (unpaired) electrons. The van der Waals surface area contributed by atoms with Gasteiger partial charge in [0.05, 0.1) is 0 Å². The van der Waals surface area contributed by atoms with Crippen LogP contribution in [0.4, 0.5) is 0 Å². The molecule has 2 aliphatic rings. The summed E-state index contributed by atoms with van der Waals surface area (Å²) in [5, 5.41) is 0. The first-order valence-electron chi connectivity index (χ1n) is 5.09. The number of allylic oxidation sites excluding steroid dienone is 4. The quantitative estimate of drug-likeness (QED) is 0.474. The Bertz CT molecular complexity index is 228. The van der Waals surface area contributed by atoms with Gasteiger partial charge in [0.2, 0.25) is 0 Å². The average molecular weight is 323 g/mol. The van der Waals surface area contributed by atoms with Gasteiger partial charge in [-0.3, -0.25) is 6.08 Å². The summed E-state index contributed by atoms with van der Waals surface area (Å²) < 4.78 is 0. The van der Waals surface area contributed by atoms with Crippen LogP contribution in [0, 0.1) is 11.5 Å². The van der Waals surface area contributed by atoms with Crippen LogP contribution in [0.15, 0.2) is 17.7 Å². The molecule has 3 heteroatoms. The molecule has 0 spiro atoms. The number of halogens is 2. The van der Waals surface area contributed by atoms with Crippen molar-refractivity contribution in [2.45, 2.75) is 45.4 Å². The van der Waals surface area contributed by atoms with Gasteiger partial charge in [-0.2, -0.15) is 6.08 Å². The summed E-state index contributed by atoms with van der Waals surface area (Å²) in [7, 11) is 0. The second-order valence-corrected chi connectivity index (χ2v) is 4.32. The van der Waals surface area contributed by atoms with Gasteiger partial charge in [-0.05, 0) is 18.3 Å². The van der Waals surface area contributed by atoms with Crippen molar-refractivity contribution in [3.05, 3.63) is 23.8 Å². The molecule has 0 bridgehead atoms. The first-order chi connectivity index (χ1) is 5.81. The molecule has 0 saturated heterocycles. The molecule has 15 heavy (non-hydrogen) atoms. The molecule has 0 heterocycles. The van der Waals surface area contributed by atoms with Crippen molar-refractivity contribution in [1.82, 2.24) is 0 Å². The minimum atomic E-state index is 0. The Morgan fingerprint density at radius 2 is 1.73 bits per heavy atom. The van der Waals surface area contributed by atoms with Crippen LogP contribution in [-0.2, 0) is 26.2 Å². The van der Waals surface area contributed by atoms with E-state index in [0.717, 1.165) is 6.42 Å². The summed E-state index contributed by atoms with van der Waals surface area (Å²) in [5.74, 6) is 0. The first kappa shape index (κ1) is 18.3. The largest absolute Gasteiger partial charge is 3.00 e. The van der Waals surface area contributed by atoms with Crippen LogP contribution in [-0.4, -0.2) is 0 Å². The van der Waals surface area contributed by atoms with Crippen molar-refractivity contribution < 1.29 is 51.0 Å². The van der Waals surface area contributed by atoms with Crippen LogP contribution in [0.5, 0.6) is 0 Å². The van der Waals surface area contributed by atoms with E-state index in [-0.39, 0.29) is 51.0 Å². The average Bonchev–Trinajstić information content (AvgIpc) is 2.58. The summed E-state index contributed by atoms with van der Waals surface area (Å²) in [5.41, 5.74) is 1.97. The molecule has 0 nitrogen and oxygen atoms in total. The van der Waals surface area contributed by atoms with E-state index in [1.165, 1.54) is 37.7 Å². The molecule has 0 aliphatic heterocycles. The van der Waals surface area contributed by atoms with Gasteiger partial charge in [0, 0.05) is 0 Å². The van der Waals surface area contributed by atoms with Gasteiger partial charge in [0.15, 0.2) is 0 Å². The Morgan fingerprint density at radius 1 is 1.13 bits per heavy atom. The van der Waals surface area contributed by atoms with Crippen molar-refractivity contribution in [3.8, 4) is 0 Å². The van der Waals surface area contributed by atoms with Gasteiger partial charge >= 0.3 is 26.2 Å². The van der Waals surface area contributed by atoms with Gasteiger partial charge in [-0.1, -0.05) is 26.2 Å². The standard InChI is InChI=1S/C12H17.2ClH.Zr/c1-12(9-5-2-6-10-12)11-7-3-4-8-11;;;/h3,7H,2,4-6,9-10H2,1H3;2*1H;/q-1;;;+3/p-2. The first-order valence-corrected chi connectivity index (χ1v) is 5.09. The molecule has 0 atom stereocenters. The molecule has 0 aromatic heterocycles. The summed E-state index contributed by atoms with van der Waals surface area (Å²) in [4.78, 5) is 0. The fourth-order valence-corrected chi connectivity index (χ4v) is 2.42. The van der Waals surface area contributed by atoms with Crippen molar-refractivity contribution in [2.24, 2.45) is 5.41 Å². The van der Waals surface area contributed by atoms with Gasteiger partial charge in [0.1, 0.15) is 0 Å². The maximum absolute atomic E-state index is 3.47. The van der Waals surface area contributed by atoms with E-state index in [4.69, 9.17) is 0 Å². The van der Waals surface area contributed by atoms with Crippen LogP contribution >= 0.6 is 0 Å². The molecule has 2 rings (SSSR count). The predicted octanol–water partition coefficient (Wildman–Crippen LogP) is -2.35. The van der Waals surface area contributed by atoms with E-state index < -0.39 is 0 Å². The van der Waals surface area contributed by atoms with Crippen molar-refractivity contribution in [1.29, 1.82) is 0 Å². The van der Waals surface area contributed by atoms with Gasteiger partial charge < -0.3 is 24.8 Å². The number of rotatable bonds is 1. The van der Waals surface area contributed by atoms with Gasteiger partial charge in [0.25, 0.3) is 0 Å². The van der Waals surface area contributed by atoms with E-state index in [1.54, 1.807) is 0 Å². The zero-order chi connectivity index (χ0) is 8.44. The van der Waals surface area contributed by atoms with Crippen LogP contribution < -0.4 is 24.8 Å². The molecule has 1 saturated carbocycles. The van der Waals surface area contributed by atoms with E-state index in [2.05, 4.69) is 25.2 Å². The Kier molecular flexibility index (Phi) is 9.88. The minimum Gasteiger partial charge on any atom is -1.00 e. The topological polar surface area (TPSA) is 0 Å². The summed E-state index contributed by atoms with van der Waals surface area (Å²) in [6.45, 7) is 2.41. The molecule has 83 valence electrons. The third-order valence-corrected chi connectivity index (χ3v) is 3.30. The second-order valence-electron chi connectivity index (χ2n) is 4.32. The monoisotopic (exact) mass is 321 g/mol. The zero-order valence-electron chi connectivity index (χ0n) is 9.15. The Hall–Kier alpha value is 0.943. The molecule has 0 aromatic carbocycles. The second kappa shape index (κ2) is 8.10. The molecule has 0 unspecified atom stereocenters. The fraction of sp³-hybridized carbons (Fsp3) is 0.667. The number of hydrogen-bond acceptors (Lipinski definition) is 0. The Balaban J connectivity index is 0. The van der Waals surface area contributed by atoms with Crippen LogP contribution in [0.1, 0.15) is 45.4 Å². The fourth-order valence-electron chi connectivity index (χ4n) is 2.42. The molecule has 1 fully saturated rings. The van der Waals surface area contributed by atoms with Gasteiger partial charge in [-0.15, -0.1) is 6.42 Å². The number of hydrogen-bond donors (Lipinski definition) is 0. The van der Waals surface area contributed by atoms with Crippen LogP contribution in [0.3, 0.4) is 0 Å². The molecule has 2 aliphatic carbocycles. The summed E-state index contributed by atoms with van der Waals surface area (Å²) in [6, 6.07) is 0. The molecular formula is C12H17Cl2Zr. The van der Waals surface area contributed by atoms with E-state index in [0.29, 0.717) is 5.41 Å². The van der Waals surface area contributed by atoms with E-state index in [9.17, 15) is 0 Å². The molecular weight excluding hydrogens is 306 g/mol. The Labute approximate surface area is 125 Å². The van der Waals surface area contributed by atoms with Crippen molar-refractivity contribution in [3.63, 3.8) is 0 Å².